The second-order valence-corrected chi connectivity index (χ2v) is 4.63. The third-order valence-corrected chi connectivity index (χ3v) is 2.36. The van der Waals surface area contributed by atoms with E-state index in [1.807, 2.05) is 18.2 Å². The standard InChI is InChI=1S/C12H19NO/c1-12(2,3)10-7-5-4-6-9(10)11(13)8-14/h4-7,11,14H,8,13H2,1-3H3. The average Bonchev–Trinajstić information content (AvgIpc) is 2.15. The Morgan fingerprint density at radius 2 is 1.86 bits per heavy atom. The summed E-state index contributed by atoms with van der Waals surface area (Å²) in [5.74, 6) is 0. The summed E-state index contributed by atoms with van der Waals surface area (Å²) in [4.78, 5) is 0. The summed E-state index contributed by atoms with van der Waals surface area (Å²) in [5, 5.41) is 9.05. The van der Waals surface area contributed by atoms with Crippen molar-refractivity contribution in [3.8, 4) is 0 Å². The smallest absolute Gasteiger partial charge is 0.0624 e. The van der Waals surface area contributed by atoms with Crippen molar-refractivity contribution in [3.63, 3.8) is 0 Å². The average molecular weight is 193 g/mol. The molecule has 0 fully saturated rings. The maximum absolute atomic E-state index is 9.05. The lowest BCUT2D eigenvalue weighted by atomic mass is 9.82. The first kappa shape index (κ1) is 11.2. The van der Waals surface area contributed by atoms with E-state index < -0.39 is 0 Å². The van der Waals surface area contributed by atoms with Crippen molar-refractivity contribution in [2.24, 2.45) is 5.73 Å². The van der Waals surface area contributed by atoms with Gasteiger partial charge in [-0.2, -0.15) is 0 Å². The molecule has 1 aromatic rings. The van der Waals surface area contributed by atoms with Crippen molar-refractivity contribution >= 4 is 0 Å². The first-order valence-electron chi connectivity index (χ1n) is 4.92. The van der Waals surface area contributed by atoms with Gasteiger partial charge in [0.1, 0.15) is 0 Å². The van der Waals surface area contributed by atoms with Crippen LogP contribution in [0.4, 0.5) is 0 Å². The highest BCUT2D eigenvalue weighted by Gasteiger charge is 2.19. The lowest BCUT2D eigenvalue weighted by molar-refractivity contribution is 0.266. The van der Waals surface area contributed by atoms with Crippen LogP contribution in [0.2, 0.25) is 0 Å². The molecule has 0 saturated carbocycles. The summed E-state index contributed by atoms with van der Waals surface area (Å²) in [7, 11) is 0. The molecule has 0 heterocycles. The van der Waals surface area contributed by atoms with Gasteiger partial charge in [-0.25, -0.2) is 0 Å². The van der Waals surface area contributed by atoms with E-state index in [0.29, 0.717) is 0 Å². The Morgan fingerprint density at radius 3 is 2.36 bits per heavy atom. The van der Waals surface area contributed by atoms with Crippen molar-refractivity contribution in [2.75, 3.05) is 6.61 Å². The molecular formula is C12H19NO. The highest BCUT2D eigenvalue weighted by molar-refractivity contribution is 5.34. The lowest BCUT2D eigenvalue weighted by Gasteiger charge is -2.25. The summed E-state index contributed by atoms with van der Waals surface area (Å²) in [6, 6.07) is 7.76. The third-order valence-electron chi connectivity index (χ3n) is 2.36. The normalized spacial score (nSPS) is 14.1. The Morgan fingerprint density at radius 1 is 1.29 bits per heavy atom. The maximum Gasteiger partial charge on any atom is 0.0624 e. The van der Waals surface area contributed by atoms with Crippen LogP contribution >= 0.6 is 0 Å². The van der Waals surface area contributed by atoms with E-state index in [1.54, 1.807) is 0 Å². The summed E-state index contributed by atoms with van der Waals surface area (Å²) in [6.45, 7) is 6.44. The second kappa shape index (κ2) is 4.11. The fourth-order valence-corrected chi connectivity index (χ4v) is 1.60. The van der Waals surface area contributed by atoms with Crippen molar-refractivity contribution in [3.05, 3.63) is 35.4 Å². The molecule has 0 aromatic heterocycles. The highest BCUT2D eigenvalue weighted by Crippen LogP contribution is 2.28. The quantitative estimate of drug-likeness (QED) is 0.754. The Hall–Kier alpha value is -0.860. The monoisotopic (exact) mass is 193 g/mol. The SMILES string of the molecule is CC(C)(C)c1ccccc1C(N)CO. The molecule has 0 bridgehead atoms. The van der Waals surface area contributed by atoms with Gasteiger partial charge >= 0.3 is 0 Å². The summed E-state index contributed by atoms with van der Waals surface area (Å²) in [5.41, 5.74) is 8.17. The Balaban J connectivity index is 3.16. The molecule has 1 aromatic carbocycles. The summed E-state index contributed by atoms with van der Waals surface area (Å²) in [6.07, 6.45) is 0. The maximum atomic E-state index is 9.05. The number of aliphatic hydroxyl groups is 1. The molecule has 0 spiro atoms. The molecule has 0 saturated heterocycles. The van der Waals surface area contributed by atoms with Crippen LogP contribution in [0.1, 0.15) is 37.9 Å². The van der Waals surface area contributed by atoms with Crippen molar-refractivity contribution in [2.45, 2.75) is 32.2 Å². The molecular weight excluding hydrogens is 174 g/mol. The Kier molecular flexibility index (Phi) is 3.29. The zero-order chi connectivity index (χ0) is 10.8. The van der Waals surface area contributed by atoms with E-state index in [9.17, 15) is 0 Å². The van der Waals surface area contributed by atoms with Gasteiger partial charge in [0.05, 0.1) is 12.6 Å². The fourth-order valence-electron chi connectivity index (χ4n) is 1.60. The van der Waals surface area contributed by atoms with Crippen LogP contribution in [0, 0.1) is 0 Å². The number of hydrogen-bond donors (Lipinski definition) is 2. The van der Waals surface area contributed by atoms with Crippen LogP contribution in [0.25, 0.3) is 0 Å². The van der Waals surface area contributed by atoms with Gasteiger partial charge in [0, 0.05) is 0 Å². The number of benzene rings is 1. The zero-order valence-corrected chi connectivity index (χ0v) is 9.12. The summed E-state index contributed by atoms with van der Waals surface area (Å²) >= 11 is 0. The van der Waals surface area contributed by atoms with E-state index in [2.05, 4.69) is 26.8 Å². The molecule has 0 aliphatic rings. The van der Waals surface area contributed by atoms with Crippen LogP contribution < -0.4 is 5.73 Å². The van der Waals surface area contributed by atoms with Gasteiger partial charge in [0.15, 0.2) is 0 Å². The predicted octanol–water partition coefficient (Wildman–Crippen LogP) is 1.98. The highest BCUT2D eigenvalue weighted by atomic mass is 16.3. The lowest BCUT2D eigenvalue weighted by Crippen LogP contribution is -2.21. The molecule has 0 aliphatic heterocycles. The third kappa shape index (κ3) is 2.34. The van der Waals surface area contributed by atoms with Crippen LogP contribution in [-0.2, 0) is 5.41 Å². The molecule has 1 unspecified atom stereocenters. The van der Waals surface area contributed by atoms with Gasteiger partial charge in [-0.1, -0.05) is 45.0 Å². The van der Waals surface area contributed by atoms with E-state index in [4.69, 9.17) is 10.8 Å². The molecule has 2 heteroatoms. The largest absolute Gasteiger partial charge is 0.394 e. The van der Waals surface area contributed by atoms with Gasteiger partial charge < -0.3 is 10.8 Å². The number of aliphatic hydroxyl groups excluding tert-OH is 1. The van der Waals surface area contributed by atoms with E-state index in [-0.39, 0.29) is 18.1 Å². The molecule has 3 N–H and O–H groups in total. The molecule has 78 valence electrons. The van der Waals surface area contributed by atoms with E-state index >= 15 is 0 Å². The van der Waals surface area contributed by atoms with Crippen LogP contribution in [-0.4, -0.2) is 11.7 Å². The molecule has 1 atom stereocenters. The first-order valence-corrected chi connectivity index (χ1v) is 4.92. The van der Waals surface area contributed by atoms with Crippen LogP contribution in [0.3, 0.4) is 0 Å². The molecule has 14 heavy (non-hydrogen) atoms. The Labute approximate surface area is 85.8 Å². The van der Waals surface area contributed by atoms with Crippen LogP contribution in [0.15, 0.2) is 24.3 Å². The van der Waals surface area contributed by atoms with Gasteiger partial charge in [-0.3, -0.25) is 0 Å². The predicted molar refractivity (Wildman–Crippen MR) is 59.2 cm³/mol. The second-order valence-electron chi connectivity index (χ2n) is 4.63. The van der Waals surface area contributed by atoms with Crippen LogP contribution in [0.5, 0.6) is 0 Å². The molecule has 0 aliphatic carbocycles. The number of hydrogen-bond acceptors (Lipinski definition) is 2. The van der Waals surface area contributed by atoms with E-state index in [1.165, 1.54) is 5.56 Å². The topological polar surface area (TPSA) is 46.2 Å². The Bertz CT molecular complexity index is 301. The summed E-state index contributed by atoms with van der Waals surface area (Å²) < 4.78 is 0. The van der Waals surface area contributed by atoms with Crippen molar-refractivity contribution in [1.29, 1.82) is 0 Å². The molecule has 0 radical (unpaired) electrons. The number of nitrogens with two attached hydrogens (primary N) is 1. The van der Waals surface area contributed by atoms with Gasteiger partial charge in [-0.05, 0) is 16.5 Å². The minimum absolute atomic E-state index is 0.00685. The van der Waals surface area contributed by atoms with Gasteiger partial charge in [0.2, 0.25) is 0 Å². The number of rotatable bonds is 2. The van der Waals surface area contributed by atoms with Crippen molar-refractivity contribution in [1.82, 2.24) is 0 Å². The van der Waals surface area contributed by atoms with Gasteiger partial charge in [0.25, 0.3) is 0 Å². The van der Waals surface area contributed by atoms with Gasteiger partial charge in [-0.15, -0.1) is 0 Å². The fraction of sp³-hybridized carbons (Fsp3) is 0.500. The molecule has 1 rings (SSSR count). The molecule has 2 nitrogen and oxygen atoms in total. The van der Waals surface area contributed by atoms with E-state index in [0.717, 1.165) is 5.56 Å². The minimum Gasteiger partial charge on any atom is -0.394 e. The van der Waals surface area contributed by atoms with Crippen molar-refractivity contribution < 1.29 is 5.11 Å². The minimum atomic E-state index is -0.273. The molecule has 0 amide bonds. The first-order chi connectivity index (χ1) is 6.46. The zero-order valence-electron chi connectivity index (χ0n) is 9.12.